The van der Waals surface area contributed by atoms with E-state index in [1.165, 1.54) is 6.26 Å². The van der Waals surface area contributed by atoms with Crippen LogP contribution in [0.1, 0.15) is 37.7 Å². The number of pyridine rings is 1. The zero-order valence-electron chi connectivity index (χ0n) is 17.3. The van der Waals surface area contributed by atoms with Gasteiger partial charge in [0.1, 0.15) is 5.75 Å². The number of nitrogens with zero attached hydrogens (tertiary/aromatic N) is 2. The zero-order chi connectivity index (χ0) is 21.3. The molecule has 1 aliphatic carbocycles. The second kappa shape index (κ2) is 8.35. The molecule has 1 N–H and O–H groups in total. The van der Waals surface area contributed by atoms with E-state index in [4.69, 9.17) is 4.74 Å². The molecule has 2 aromatic rings. The molecule has 1 amide bonds. The van der Waals surface area contributed by atoms with E-state index >= 15 is 0 Å². The summed E-state index contributed by atoms with van der Waals surface area (Å²) in [7, 11) is -1.36. The predicted molar refractivity (Wildman–Crippen MR) is 116 cm³/mol. The van der Waals surface area contributed by atoms with Crippen molar-refractivity contribution in [3.05, 3.63) is 42.2 Å². The fourth-order valence-corrected chi connectivity index (χ4v) is 5.11. The maximum absolute atomic E-state index is 11.9. The van der Waals surface area contributed by atoms with Gasteiger partial charge in [0.15, 0.2) is 0 Å². The Bertz CT molecular complexity index is 1050. The summed E-state index contributed by atoms with van der Waals surface area (Å²) in [6, 6.07) is 8.11. The van der Waals surface area contributed by atoms with Crippen molar-refractivity contribution in [1.29, 1.82) is 0 Å². The molecule has 1 aromatic heterocycles. The number of rotatable bonds is 5. The number of aryl methyl sites for hydroxylation is 1. The molecule has 0 atom stereocenters. The van der Waals surface area contributed by atoms with Crippen LogP contribution in [0.4, 0.5) is 5.69 Å². The molecule has 0 radical (unpaired) electrons. The molecule has 8 heteroatoms. The van der Waals surface area contributed by atoms with Gasteiger partial charge < -0.3 is 9.64 Å². The van der Waals surface area contributed by atoms with Crippen LogP contribution >= 0.6 is 0 Å². The van der Waals surface area contributed by atoms with Crippen molar-refractivity contribution >= 4 is 21.6 Å². The zero-order valence-corrected chi connectivity index (χ0v) is 18.1. The fraction of sp³-hybridized carbons (Fsp3) is 0.455. The van der Waals surface area contributed by atoms with Crippen molar-refractivity contribution in [3.63, 3.8) is 0 Å². The Hall–Kier alpha value is -2.45. The van der Waals surface area contributed by atoms with Gasteiger partial charge in [0.05, 0.1) is 18.6 Å². The van der Waals surface area contributed by atoms with Crippen molar-refractivity contribution in [2.75, 3.05) is 18.2 Å². The van der Waals surface area contributed by atoms with Crippen LogP contribution in [-0.2, 0) is 21.2 Å². The Morgan fingerprint density at radius 1 is 1.07 bits per heavy atom. The van der Waals surface area contributed by atoms with Gasteiger partial charge in [-0.3, -0.25) is 9.78 Å². The lowest BCUT2D eigenvalue weighted by molar-refractivity contribution is -0.118. The van der Waals surface area contributed by atoms with Crippen molar-refractivity contribution in [3.8, 4) is 16.9 Å². The maximum Gasteiger partial charge on any atom is 0.227 e. The first-order chi connectivity index (χ1) is 14.3. The van der Waals surface area contributed by atoms with E-state index < -0.39 is 10.0 Å². The highest BCUT2D eigenvalue weighted by atomic mass is 32.2. The van der Waals surface area contributed by atoms with E-state index in [0.717, 1.165) is 60.2 Å². The SMILES string of the molecule is CN1C(=O)CCc2cc(-c3cncc(OC4CCC(NS(C)(=O)=O)CC4)c3)ccc21. The maximum atomic E-state index is 11.9. The van der Waals surface area contributed by atoms with Gasteiger partial charge in [-0.2, -0.15) is 0 Å². The summed E-state index contributed by atoms with van der Waals surface area (Å²) in [6.45, 7) is 0. The average molecular weight is 430 g/mol. The van der Waals surface area contributed by atoms with Gasteiger partial charge >= 0.3 is 0 Å². The minimum absolute atomic E-state index is 0.00943. The lowest BCUT2D eigenvalue weighted by atomic mass is 9.93. The predicted octanol–water partition coefficient (Wildman–Crippen LogP) is 2.90. The molecule has 4 rings (SSSR count). The highest BCUT2D eigenvalue weighted by Crippen LogP contribution is 2.32. The van der Waals surface area contributed by atoms with Crippen molar-refractivity contribution in [1.82, 2.24) is 9.71 Å². The van der Waals surface area contributed by atoms with Crippen molar-refractivity contribution in [2.24, 2.45) is 0 Å². The minimum Gasteiger partial charge on any atom is -0.489 e. The average Bonchev–Trinajstić information content (AvgIpc) is 2.71. The summed E-state index contributed by atoms with van der Waals surface area (Å²) in [5.74, 6) is 0.866. The van der Waals surface area contributed by atoms with E-state index in [-0.39, 0.29) is 18.1 Å². The molecule has 160 valence electrons. The number of amides is 1. The number of ether oxygens (including phenoxy) is 1. The molecule has 0 bridgehead atoms. The molecular formula is C22H27N3O4S. The lowest BCUT2D eigenvalue weighted by Gasteiger charge is -2.29. The van der Waals surface area contributed by atoms with Crippen LogP contribution in [0.5, 0.6) is 5.75 Å². The Morgan fingerprint density at radius 2 is 1.83 bits per heavy atom. The number of hydrogen-bond donors (Lipinski definition) is 1. The van der Waals surface area contributed by atoms with Gasteiger partial charge in [0, 0.05) is 37.0 Å². The number of carbonyl (C=O) groups is 1. The van der Waals surface area contributed by atoms with Gasteiger partial charge in [0.2, 0.25) is 15.9 Å². The van der Waals surface area contributed by atoms with Gasteiger partial charge in [-0.05, 0) is 61.4 Å². The first-order valence-electron chi connectivity index (χ1n) is 10.3. The monoisotopic (exact) mass is 429 g/mol. The standard InChI is InChI=1S/C22H27N3O4S/c1-25-21-9-3-15(11-16(21)4-10-22(25)26)17-12-20(14-23-13-17)29-19-7-5-18(6-8-19)24-30(2,27)28/h3,9,11-14,18-19,24H,4-8,10H2,1-2H3. The van der Waals surface area contributed by atoms with Crippen LogP contribution in [-0.4, -0.2) is 44.8 Å². The van der Waals surface area contributed by atoms with E-state index in [1.54, 1.807) is 11.1 Å². The topological polar surface area (TPSA) is 88.6 Å². The van der Waals surface area contributed by atoms with Gasteiger partial charge in [-0.1, -0.05) is 6.07 Å². The summed E-state index contributed by atoms with van der Waals surface area (Å²) >= 11 is 0. The van der Waals surface area contributed by atoms with Crippen LogP contribution in [0.3, 0.4) is 0 Å². The third-order valence-corrected chi connectivity index (χ3v) is 6.59. The van der Waals surface area contributed by atoms with Crippen LogP contribution in [0, 0.1) is 0 Å². The fourth-order valence-electron chi connectivity index (χ4n) is 4.27. The molecular weight excluding hydrogens is 402 g/mol. The third kappa shape index (κ3) is 4.82. The van der Waals surface area contributed by atoms with Crippen molar-refractivity contribution < 1.29 is 17.9 Å². The normalized spacial score (nSPS) is 21.9. The van der Waals surface area contributed by atoms with E-state index in [2.05, 4.69) is 15.8 Å². The van der Waals surface area contributed by atoms with Crippen LogP contribution in [0.25, 0.3) is 11.1 Å². The molecule has 1 fully saturated rings. The number of hydrogen-bond acceptors (Lipinski definition) is 5. The Morgan fingerprint density at radius 3 is 2.57 bits per heavy atom. The molecule has 30 heavy (non-hydrogen) atoms. The number of aromatic nitrogens is 1. The molecule has 1 saturated carbocycles. The summed E-state index contributed by atoms with van der Waals surface area (Å²) in [4.78, 5) is 18.0. The number of fused-ring (bicyclic) bond motifs is 1. The Labute approximate surface area is 177 Å². The summed E-state index contributed by atoms with van der Waals surface area (Å²) in [5.41, 5.74) is 4.16. The molecule has 0 unspecified atom stereocenters. The third-order valence-electron chi connectivity index (χ3n) is 5.83. The highest BCUT2D eigenvalue weighted by molar-refractivity contribution is 7.88. The van der Waals surface area contributed by atoms with Gasteiger partial charge in [0.25, 0.3) is 0 Å². The van der Waals surface area contributed by atoms with Gasteiger partial charge in [-0.15, -0.1) is 0 Å². The first kappa shape index (κ1) is 20.8. The van der Waals surface area contributed by atoms with Crippen LogP contribution in [0.15, 0.2) is 36.7 Å². The smallest absolute Gasteiger partial charge is 0.227 e. The largest absolute Gasteiger partial charge is 0.489 e. The molecule has 2 aliphatic rings. The number of nitrogens with one attached hydrogen (secondary N) is 1. The molecule has 7 nitrogen and oxygen atoms in total. The molecule has 1 aromatic carbocycles. The van der Waals surface area contributed by atoms with E-state index in [1.807, 2.05) is 31.4 Å². The minimum atomic E-state index is -3.17. The van der Waals surface area contributed by atoms with Crippen LogP contribution < -0.4 is 14.4 Å². The van der Waals surface area contributed by atoms with E-state index in [9.17, 15) is 13.2 Å². The number of sulfonamides is 1. The van der Waals surface area contributed by atoms with E-state index in [0.29, 0.717) is 6.42 Å². The summed E-state index contributed by atoms with van der Waals surface area (Å²) in [5, 5.41) is 0. The van der Waals surface area contributed by atoms with Crippen molar-refractivity contribution in [2.45, 2.75) is 50.7 Å². The first-order valence-corrected chi connectivity index (χ1v) is 12.2. The number of carbonyl (C=O) groups excluding carboxylic acids is 1. The Balaban J connectivity index is 1.43. The molecule has 0 spiro atoms. The highest BCUT2D eigenvalue weighted by Gasteiger charge is 2.25. The molecule has 0 saturated heterocycles. The number of benzene rings is 1. The summed E-state index contributed by atoms with van der Waals surface area (Å²) < 4.78 is 31.6. The van der Waals surface area contributed by atoms with Crippen LogP contribution in [0.2, 0.25) is 0 Å². The second-order valence-corrected chi connectivity index (χ2v) is 9.97. The molecule has 1 aliphatic heterocycles. The second-order valence-electron chi connectivity index (χ2n) is 8.19. The quantitative estimate of drug-likeness (QED) is 0.790. The molecule has 2 heterocycles. The van der Waals surface area contributed by atoms with Gasteiger partial charge in [-0.25, -0.2) is 13.1 Å². The lowest BCUT2D eigenvalue weighted by Crippen LogP contribution is -2.39. The Kier molecular flexibility index (Phi) is 5.79. The number of anilines is 1. The summed E-state index contributed by atoms with van der Waals surface area (Å²) in [6.07, 6.45) is 9.21.